The van der Waals surface area contributed by atoms with Crippen molar-refractivity contribution in [1.82, 2.24) is 10.2 Å². The van der Waals surface area contributed by atoms with Gasteiger partial charge in [0.05, 0.1) is 6.61 Å². The summed E-state index contributed by atoms with van der Waals surface area (Å²) in [7, 11) is 0. The number of rotatable bonds is 12. The highest BCUT2D eigenvalue weighted by molar-refractivity contribution is 6.36. The Kier molecular flexibility index (Phi) is 11.1. The molecule has 2 aromatic rings. The van der Waals surface area contributed by atoms with E-state index < -0.39 is 6.04 Å². The number of hydrogen-bond acceptors (Lipinski definition) is 3. The Hall–Kier alpha value is -1.95. The van der Waals surface area contributed by atoms with Crippen LogP contribution in [0.3, 0.4) is 0 Å². The molecule has 32 heavy (non-hydrogen) atoms. The van der Waals surface area contributed by atoms with Crippen LogP contribution in [0.25, 0.3) is 0 Å². The zero-order valence-corrected chi connectivity index (χ0v) is 20.6. The van der Waals surface area contributed by atoms with E-state index >= 15 is 0 Å². The Balaban J connectivity index is 2.03. The molecule has 0 spiro atoms. The van der Waals surface area contributed by atoms with Crippen molar-refractivity contribution < 1.29 is 14.3 Å². The molecule has 0 saturated heterocycles. The average molecular weight is 500 g/mol. The van der Waals surface area contributed by atoms with Gasteiger partial charge in [0.15, 0.2) is 0 Å². The van der Waals surface area contributed by atoms with Crippen LogP contribution in [0.4, 0.5) is 0 Å². The van der Waals surface area contributed by atoms with Crippen LogP contribution in [0.1, 0.15) is 45.1 Å². The third-order valence-electron chi connectivity index (χ3n) is 5.00. The Morgan fingerprint density at radius 3 is 2.31 bits per heavy atom. The monoisotopic (exact) mass is 498 g/mol. The second-order valence-corrected chi connectivity index (χ2v) is 8.70. The summed E-state index contributed by atoms with van der Waals surface area (Å²) in [6.07, 6.45) is 2.57. The Morgan fingerprint density at radius 1 is 1.03 bits per heavy atom. The van der Waals surface area contributed by atoms with Crippen molar-refractivity contribution in [3.63, 3.8) is 0 Å². The summed E-state index contributed by atoms with van der Waals surface area (Å²) in [4.78, 5) is 27.3. The minimum Gasteiger partial charge on any atom is -0.494 e. The molecule has 0 unspecified atom stereocenters. The second kappa shape index (κ2) is 13.6. The topological polar surface area (TPSA) is 58.6 Å². The third-order valence-corrected chi connectivity index (χ3v) is 5.96. The summed E-state index contributed by atoms with van der Waals surface area (Å²) in [5, 5.41) is 4.44. The first-order valence-corrected chi connectivity index (χ1v) is 11.8. The molecule has 2 amide bonds. The van der Waals surface area contributed by atoms with E-state index in [9.17, 15) is 9.59 Å². The number of carbonyl (C=O) groups is 2. The number of benzene rings is 2. The van der Waals surface area contributed by atoms with Gasteiger partial charge in [0.2, 0.25) is 11.8 Å². The summed E-state index contributed by atoms with van der Waals surface area (Å²) < 4.78 is 5.67. The molecule has 5 nitrogen and oxygen atoms in total. The van der Waals surface area contributed by atoms with Crippen molar-refractivity contribution in [2.75, 3.05) is 13.2 Å². The number of carbonyl (C=O) groups excluding carboxylic acids is 2. The lowest BCUT2D eigenvalue weighted by Crippen LogP contribution is -2.47. The van der Waals surface area contributed by atoms with Crippen molar-refractivity contribution in [3.8, 4) is 5.75 Å². The largest absolute Gasteiger partial charge is 0.494 e. The summed E-state index contributed by atoms with van der Waals surface area (Å²) in [6, 6.07) is 11.6. The summed E-state index contributed by atoms with van der Waals surface area (Å²) in [5.41, 5.74) is 0.620. The zero-order valence-electron chi connectivity index (χ0n) is 18.4. The van der Waals surface area contributed by atoms with Gasteiger partial charge in [-0.1, -0.05) is 54.2 Å². The van der Waals surface area contributed by atoms with Gasteiger partial charge in [-0.15, -0.1) is 0 Å². The Bertz CT molecular complexity index is 870. The maximum atomic E-state index is 13.1. The van der Waals surface area contributed by atoms with E-state index in [-0.39, 0.29) is 24.8 Å². The predicted molar refractivity (Wildman–Crippen MR) is 131 cm³/mol. The van der Waals surface area contributed by atoms with Crippen LogP contribution < -0.4 is 10.1 Å². The fourth-order valence-corrected chi connectivity index (χ4v) is 3.70. The fourth-order valence-electron chi connectivity index (χ4n) is 3.06. The van der Waals surface area contributed by atoms with Crippen LogP contribution in [-0.2, 0) is 16.1 Å². The van der Waals surface area contributed by atoms with Crippen LogP contribution in [-0.4, -0.2) is 35.9 Å². The Labute approximate surface area is 205 Å². The lowest BCUT2D eigenvalue weighted by atomic mass is 10.1. The molecule has 1 N–H and O–H groups in total. The summed E-state index contributed by atoms with van der Waals surface area (Å²) in [6.45, 7) is 4.86. The average Bonchev–Trinajstić information content (AvgIpc) is 2.77. The van der Waals surface area contributed by atoms with E-state index in [4.69, 9.17) is 39.5 Å². The molecule has 0 saturated carbocycles. The van der Waals surface area contributed by atoms with Crippen LogP contribution in [0.15, 0.2) is 42.5 Å². The number of halogens is 3. The standard InChI is InChI=1S/C24H29Cl3N2O3/c1-3-4-14-28-24(31)17(2)29(16-20-21(26)7-5-8-22(20)27)23(30)9-6-15-32-19-12-10-18(25)11-13-19/h5,7-8,10-13,17H,3-4,6,9,14-16H2,1-2H3,(H,28,31)/t17-/m1/s1. The SMILES string of the molecule is CCCCNC(=O)[C@@H](C)N(Cc1c(Cl)cccc1Cl)C(=O)CCCOc1ccc(Cl)cc1. The van der Waals surface area contributed by atoms with Crippen molar-refractivity contribution in [2.45, 2.75) is 52.1 Å². The molecule has 0 aliphatic heterocycles. The molecule has 8 heteroatoms. The number of ether oxygens (including phenoxy) is 1. The number of nitrogens with zero attached hydrogens (tertiary/aromatic N) is 1. The molecule has 2 rings (SSSR count). The lowest BCUT2D eigenvalue weighted by Gasteiger charge is -2.29. The van der Waals surface area contributed by atoms with Gasteiger partial charge in [-0.3, -0.25) is 9.59 Å². The smallest absolute Gasteiger partial charge is 0.242 e. The van der Waals surface area contributed by atoms with Gasteiger partial charge in [-0.05, 0) is 56.2 Å². The summed E-state index contributed by atoms with van der Waals surface area (Å²) >= 11 is 18.5. The Morgan fingerprint density at radius 2 is 1.69 bits per heavy atom. The van der Waals surface area contributed by atoms with Gasteiger partial charge in [0, 0.05) is 40.1 Å². The highest BCUT2D eigenvalue weighted by atomic mass is 35.5. The first-order valence-electron chi connectivity index (χ1n) is 10.7. The minimum absolute atomic E-state index is 0.151. The maximum Gasteiger partial charge on any atom is 0.242 e. The highest BCUT2D eigenvalue weighted by Gasteiger charge is 2.27. The van der Waals surface area contributed by atoms with E-state index in [1.54, 1.807) is 49.4 Å². The fraction of sp³-hybridized carbons (Fsp3) is 0.417. The number of amides is 2. The molecule has 0 bridgehead atoms. The van der Waals surface area contributed by atoms with E-state index in [1.807, 2.05) is 0 Å². The van der Waals surface area contributed by atoms with Crippen molar-refractivity contribution in [3.05, 3.63) is 63.1 Å². The molecule has 0 radical (unpaired) electrons. The van der Waals surface area contributed by atoms with E-state index in [0.29, 0.717) is 46.0 Å². The second-order valence-electron chi connectivity index (χ2n) is 7.45. The number of nitrogens with one attached hydrogen (secondary N) is 1. The first-order chi connectivity index (χ1) is 15.3. The van der Waals surface area contributed by atoms with Gasteiger partial charge >= 0.3 is 0 Å². The van der Waals surface area contributed by atoms with Crippen LogP contribution in [0, 0.1) is 0 Å². The van der Waals surface area contributed by atoms with Gasteiger partial charge in [0.25, 0.3) is 0 Å². The molecular weight excluding hydrogens is 471 g/mol. The molecule has 174 valence electrons. The number of unbranched alkanes of at least 4 members (excludes halogenated alkanes) is 1. The molecule has 0 aliphatic carbocycles. The van der Waals surface area contributed by atoms with Crippen molar-refractivity contribution in [2.24, 2.45) is 0 Å². The lowest BCUT2D eigenvalue weighted by molar-refractivity contribution is -0.140. The highest BCUT2D eigenvalue weighted by Crippen LogP contribution is 2.27. The van der Waals surface area contributed by atoms with Gasteiger partial charge < -0.3 is 15.0 Å². The molecule has 0 aromatic heterocycles. The van der Waals surface area contributed by atoms with Crippen molar-refractivity contribution >= 4 is 46.6 Å². The zero-order chi connectivity index (χ0) is 23.5. The molecule has 0 fully saturated rings. The van der Waals surface area contributed by atoms with Gasteiger partial charge in [0.1, 0.15) is 11.8 Å². The van der Waals surface area contributed by atoms with E-state index in [0.717, 1.165) is 12.8 Å². The molecule has 1 atom stereocenters. The van der Waals surface area contributed by atoms with Crippen molar-refractivity contribution in [1.29, 1.82) is 0 Å². The maximum absolute atomic E-state index is 13.1. The minimum atomic E-state index is -0.663. The van der Waals surface area contributed by atoms with Crippen LogP contribution in [0.2, 0.25) is 15.1 Å². The normalized spacial score (nSPS) is 11.7. The number of hydrogen-bond donors (Lipinski definition) is 1. The summed E-state index contributed by atoms with van der Waals surface area (Å²) in [5.74, 6) is 0.316. The quantitative estimate of drug-likeness (QED) is 0.357. The van der Waals surface area contributed by atoms with E-state index in [2.05, 4.69) is 12.2 Å². The predicted octanol–water partition coefficient (Wildman–Crippen LogP) is 6.14. The molecule has 2 aromatic carbocycles. The van der Waals surface area contributed by atoms with Gasteiger partial charge in [-0.2, -0.15) is 0 Å². The molecular formula is C24H29Cl3N2O3. The van der Waals surface area contributed by atoms with E-state index in [1.165, 1.54) is 4.90 Å². The van der Waals surface area contributed by atoms with Crippen LogP contribution in [0.5, 0.6) is 5.75 Å². The molecule has 0 aliphatic rings. The molecule has 0 heterocycles. The third kappa shape index (κ3) is 8.19. The van der Waals surface area contributed by atoms with Crippen LogP contribution >= 0.6 is 34.8 Å². The van der Waals surface area contributed by atoms with Gasteiger partial charge in [-0.25, -0.2) is 0 Å². The first kappa shape index (κ1) is 26.3.